The quantitative estimate of drug-likeness (QED) is 0.924. The largest absolute Gasteiger partial charge is 0.481 e. The van der Waals surface area contributed by atoms with Crippen LogP contribution in [0.25, 0.3) is 0 Å². The van der Waals surface area contributed by atoms with Gasteiger partial charge >= 0.3 is 5.97 Å². The summed E-state index contributed by atoms with van der Waals surface area (Å²) in [4.78, 5) is 21.3. The average molecular weight is 295 g/mol. The lowest BCUT2D eigenvalue weighted by Gasteiger charge is -2.39. The van der Waals surface area contributed by atoms with E-state index in [1.807, 2.05) is 11.8 Å². The molecule has 6 heteroatoms. The Morgan fingerprint density at radius 2 is 2.24 bits per heavy atom. The minimum atomic E-state index is -0.824. The summed E-state index contributed by atoms with van der Waals surface area (Å²) in [5, 5.41) is 9.37. The Balaban J connectivity index is 2.24. The van der Waals surface area contributed by atoms with E-state index in [9.17, 15) is 14.3 Å². The molecule has 21 heavy (non-hydrogen) atoms. The van der Waals surface area contributed by atoms with Crippen molar-refractivity contribution < 1.29 is 14.3 Å². The summed E-state index contributed by atoms with van der Waals surface area (Å²) in [7, 11) is 0. The van der Waals surface area contributed by atoms with Crippen molar-refractivity contribution in [2.75, 3.05) is 18.0 Å². The van der Waals surface area contributed by atoms with Gasteiger partial charge in [-0.3, -0.25) is 4.79 Å². The van der Waals surface area contributed by atoms with Crippen molar-refractivity contribution in [3.8, 4) is 0 Å². The molecule has 1 fully saturated rings. The fourth-order valence-electron chi connectivity index (χ4n) is 2.80. The second-order valence-corrected chi connectivity index (χ2v) is 6.12. The molecule has 2 heterocycles. The molecule has 1 N–H and O–H groups in total. The maximum absolute atomic E-state index is 14.4. The third-order valence-corrected chi connectivity index (χ3v) is 4.47. The SMILES string of the molecule is CCc1ncnc(N2CCCC(C(C)(C)C(=O)O)C2)c1F. The molecule has 0 spiro atoms. The summed E-state index contributed by atoms with van der Waals surface area (Å²) < 4.78 is 14.4. The van der Waals surface area contributed by atoms with E-state index in [2.05, 4.69) is 9.97 Å². The molecule has 1 atom stereocenters. The molecule has 5 nitrogen and oxygen atoms in total. The molecule has 1 aliphatic heterocycles. The molecule has 0 amide bonds. The van der Waals surface area contributed by atoms with Gasteiger partial charge in [0.2, 0.25) is 0 Å². The molecule has 0 aliphatic carbocycles. The maximum Gasteiger partial charge on any atom is 0.309 e. The van der Waals surface area contributed by atoms with Crippen LogP contribution >= 0.6 is 0 Å². The highest BCUT2D eigenvalue weighted by Gasteiger charge is 2.39. The number of aliphatic carboxylic acids is 1. The van der Waals surface area contributed by atoms with E-state index in [4.69, 9.17) is 0 Å². The zero-order valence-electron chi connectivity index (χ0n) is 12.8. The Hall–Kier alpha value is -1.72. The highest BCUT2D eigenvalue weighted by Crippen LogP contribution is 2.35. The fourth-order valence-corrected chi connectivity index (χ4v) is 2.80. The van der Waals surface area contributed by atoms with Crippen LogP contribution in [-0.4, -0.2) is 34.1 Å². The van der Waals surface area contributed by atoms with Gasteiger partial charge in [0.1, 0.15) is 6.33 Å². The number of carbonyl (C=O) groups is 1. The molecule has 0 saturated carbocycles. The van der Waals surface area contributed by atoms with Crippen LogP contribution in [0.15, 0.2) is 6.33 Å². The minimum absolute atomic E-state index is 0.0248. The first-order chi connectivity index (χ1) is 9.87. The summed E-state index contributed by atoms with van der Waals surface area (Å²) >= 11 is 0. The van der Waals surface area contributed by atoms with Gasteiger partial charge in [0.15, 0.2) is 11.6 Å². The molecule has 1 aromatic rings. The topological polar surface area (TPSA) is 66.3 Å². The van der Waals surface area contributed by atoms with Crippen molar-refractivity contribution in [3.05, 3.63) is 17.8 Å². The van der Waals surface area contributed by atoms with Crippen molar-refractivity contribution in [1.82, 2.24) is 9.97 Å². The molecule has 116 valence electrons. The van der Waals surface area contributed by atoms with Crippen LogP contribution < -0.4 is 4.90 Å². The lowest BCUT2D eigenvalue weighted by molar-refractivity contribution is -0.150. The molecule has 1 aromatic heterocycles. The van der Waals surface area contributed by atoms with Gasteiger partial charge in [-0.05, 0) is 39.0 Å². The number of anilines is 1. The number of carboxylic acids is 1. The van der Waals surface area contributed by atoms with Crippen molar-refractivity contribution in [1.29, 1.82) is 0 Å². The maximum atomic E-state index is 14.4. The average Bonchev–Trinajstić information content (AvgIpc) is 2.47. The fraction of sp³-hybridized carbons (Fsp3) is 0.667. The van der Waals surface area contributed by atoms with Crippen LogP contribution in [0.2, 0.25) is 0 Å². The minimum Gasteiger partial charge on any atom is -0.481 e. The van der Waals surface area contributed by atoms with Gasteiger partial charge in [-0.2, -0.15) is 0 Å². The monoisotopic (exact) mass is 295 g/mol. The number of nitrogens with zero attached hydrogens (tertiary/aromatic N) is 3. The Labute approximate surface area is 124 Å². The van der Waals surface area contributed by atoms with E-state index in [1.165, 1.54) is 6.33 Å². The number of carboxylic acid groups (broad SMARTS) is 1. The van der Waals surface area contributed by atoms with E-state index in [-0.39, 0.29) is 11.7 Å². The highest BCUT2D eigenvalue weighted by molar-refractivity contribution is 5.74. The molecule has 0 aromatic carbocycles. The Kier molecular flexibility index (Phi) is 4.44. The second kappa shape index (κ2) is 5.95. The number of piperidine rings is 1. The highest BCUT2D eigenvalue weighted by atomic mass is 19.1. The summed E-state index contributed by atoms with van der Waals surface area (Å²) in [6.45, 7) is 6.52. The second-order valence-electron chi connectivity index (χ2n) is 6.12. The van der Waals surface area contributed by atoms with Crippen molar-refractivity contribution in [2.24, 2.45) is 11.3 Å². The van der Waals surface area contributed by atoms with E-state index in [0.717, 1.165) is 12.8 Å². The van der Waals surface area contributed by atoms with Crippen LogP contribution in [0.3, 0.4) is 0 Å². The first-order valence-corrected chi connectivity index (χ1v) is 7.35. The van der Waals surface area contributed by atoms with Crippen LogP contribution in [0.5, 0.6) is 0 Å². The number of hydrogen-bond donors (Lipinski definition) is 1. The van der Waals surface area contributed by atoms with E-state index in [0.29, 0.717) is 31.0 Å². The Bertz CT molecular complexity index is 534. The zero-order valence-corrected chi connectivity index (χ0v) is 12.8. The van der Waals surface area contributed by atoms with Gasteiger partial charge in [0, 0.05) is 13.1 Å². The van der Waals surface area contributed by atoms with E-state index >= 15 is 0 Å². The number of halogens is 1. The summed E-state index contributed by atoms with van der Waals surface area (Å²) in [6, 6.07) is 0. The van der Waals surface area contributed by atoms with Crippen molar-refractivity contribution in [2.45, 2.75) is 40.0 Å². The predicted octanol–water partition coefficient (Wildman–Crippen LogP) is 2.51. The van der Waals surface area contributed by atoms with Gasteiger partial charge in [0.05, 0.1) is 11.1 Å². The van der Waals surface area contributed by atoms with E-state index < -0.39 is 11.4 Å². The predicted molar refractivity (Wildman–Crippen MR) is 77.7 cm³/mol. The number of aromatic nitrogens is 2. The van der Waals surface area contributed by atoms with Crippen molar-refractivity contribution in [3.63, 3.8) is 0 Å². The number of aryl methyl sites for hydroxylation is 1. The summed E-state index contributed by atoms with van der Waals surface area (Å²) in [5.74, 6) is -0.920. The van der Waals surface area contributed by atoms with Crippen LogP contribution in [0.1, 0.15) is 39.3 Å². The van der Waals surface area contributed by atoms with Crippen molar-refractivity contribution >= 4 is 11.8 Å². The van der Waals surface area contributed by atoms with Crippen LogP contribution in [-0.2, 0) is 11.2 Å². The zero-order chi connectivity index (χ0) is 15.6. The molecule has 0 radical (unpaired) electrons. The summed E-state index contributed by atoms with van der Waals surface area (Å²) in [6.07, 6.45) is 3.57. The molecule has 1 saturated heterocycles. The van der Waals surface area contributed by atoms with Gasteiger partial charge in [0.25, 0.3) is 0 Å². The molecule has 0 bridgehead atoms. The molecular formula is C15H22FN3O2. The molecule has 2 rings (SSSR count). The number of rotatable bonds is 4. The van der Waals surface area contributed by atoms with E-state index in [1.54, 1.807) is 13.8 Å². The summed E-state index contributed by atoms with van der Waals surface area (Å²) in [5.41, 5.74) is -0.421. The molecule has 1 unspecified atom stereocenters. The third kappa shape index (κ3) is 2.99. The van der Waals surface area contributed by atoms with Gasteiger partial charge < -0.3 is 10.0 Å². The lowest BCUT2D eigenvalue weighted by atomic mass is 9.74. The smallest absolute Gasteiger partial charge is 0.309 e. The van der Waals surface area contributed by atoms with Crippen LogP contribution in [0, 0.1) is 17.2 Å². The third-order valence-electron chi connectivity index (χ3n) is 4.47. The Morgan fingerprint density at radius 1 is 1.52 bits per heavy atom. The standard InChI is InChI=1S/C15H22FN3O2/c1-4-11-12(16)13(18-9-17-11)19-7-5-6-10(8-19)15(2,3)14(20)21/h9-10H,4-8H2,1-3H3,(H,20,21). The lowest BCUT2D eigenvalue weighted by Crippen LogP contribution is -2.45. The normalized spacial score (nSPS) is 19.6. The van der Waals surface area contributed by atoms with Gasteiger partial charge in [-0.25, -0.2) is 14.4 Å². The van der Waals surface area contributed by atoms with Gasteiger partial charge in [-0.15, -0.1) is 0 Å². The van der Waals surface area contributed by atoms with Crippen LogP contribution in [0.4, 0.5) is 10.2 Å². The van der Waals surface area contributed by atoms with Gasteiger partial charge in [-0.1, -0.05) is 6.92 Å². The Morgan fingerprint density at radius 3 is 2.86 bits per heavy atom. The first kappa shape index (κ1) is 15.7. The number of hydrogen-bond acceptors (Lipinski definition) is 4. The molecule has 1 aliphatic rings. The molecular weight excluding hydrogens is 273 g/mol. The first-order valence-electron chi connectivity index (χ1n) is 7.35.